The number of unbranched alkanes of at least 4 members (excludes halogenated alkanes) is 15. The van der Waals surface area contributed by atoms with Crippen LogP contribution in [0.1, 0.15) is 162 Å². The van der Waals surface area contributed by atoms with Crippen molar-refractivity contribution in [2.75, 3.05) is 14.1 Å². The topological polar surface area (TPSA) is 3.24 Å². The fourth-order valence-corrected chi connectivity index (χ4v) is 5.52. The average molecular weight is 436 g/mol. The van der Waals surface area contributed by atoms with E-state index in [0.717, 1.165) is 17.9 Å². The third-order valence-electron chi connectivity index (χ3n) is 7.98. The minimum Gasteiger partial charge on any atom is -0.306 e. The van der Waals surface area contributed by atoms with E-state index in [9.17, 15) is 0 Å². The summed E-state index contributed by atoms with van der Waals surface area (Å²) >= 11 is 0. The normalized spacial score (nSPS) is 19.3. The summed E-state index contributed by atoms with van der Waals surface area (Å²) in [5.41, 5.74) is 0. The van der Waals surface area contributed by atoms with E-state index in [2.05, 4.69) is 32.8 Å². The number of hydrogen-bond acceptors (Lipinski definition) is 1. The maximum atomic E-state index is 2.49. The Hall–Kier alpha value is -0.0400. The van der Waals surface area contributed by atoms with Crippen LogP contribution in [-0.2, 0) is 0 Å². The van der Waals surface area contributed by atoms with Crippen molar-refractivity contribution in [2.24, 2.45) is 11.8 Å². The molecule has 31 heavy (non-hydrogen) atoms. The molecule has 0 aromatic heterocycles. The molecule has 1 saturated carbocycles. The van der Waals surface area contributed by atoms with Crippen LogP contribution in [0, 0.1) is 11.8 Å². The Labute approximate surface area is 198 Å². The molecule has 1 nitrogen and oxygen atoms in total. The van der Waals surface area contributed by atoms with E-state index in [1.807, 2.05) is 0 Å². The fraction of sp³-hybridized carbons (Fsp3) is 1.00. The van der Waals surface area contributed by atoms with Gasteiger partial charge < -0.3 is 4.90 Å². The minimum absolute atomic E-state index is 0.824. The molecule has 0 heterocycles. The van der Waals surface area contributed by atoms with E-state index < -0.39 is 0 Å². The minimum atomic E-state index is 0.824. The molecule has 0 bridgehead atoms. The summed E-state index contributed by atoms with van der Waals surface area (Å²) in [4.78, 5) is 2.49. The predicted molar refractivity (Wildman–Crippen MR) is 142 cm³/mol. The first kappa shape index (κ1) is 29.0. The van der Waals surface area contributed by atoms with Crippen LogP contribution in [0.15, 0.2) is 0 Å². The van der Waals surface area contributed by atoms with Crippen molar-refractivity contribution in [3.63, 3.8) is 0 Å². The van der Waals surface area contributed by atoms with Gasteiger partial charge in [-0.3, -0.25) is 0 Å². The highest BCUT2D eigenvalue weighted by Crippen LogP contribution is 2.45. The zero-order valence-corrected chi connectivity index (χ0v) is 22.4. The largest absolute Gasteiger partial charge is 0.306 e. The molecule has 1 heteroatoms. The van der Waals surface area contributed by atoms with Gasteiger partial charge in [0.1, 0.15) is 0 Å². The van der Waals surface area contributed by atoms with Crippen molar-refractivity contribution in [2.45, 2.75) is 168 Å². The SMILES string of the molecule is CCCCCCCCCC(CCCCCCCC1CC1CCCCCCCC)N(C)C. The van der Waals surface area contributed by atoms with Gasteiger partial charge >= 0.3 is 0 Å². The molecule has 0 aromatic carbocycles. The molecular formula is C30H61N. The van der Waals surface area contributed by atoms with Crippen LogP contribution in [0.2, 0.25) is 0 Å². The van der Waals surface area contributed by atoms with Gasteiger partial charge in [0.05, 0.1) is 0 Å². The molecule has 0 aliphatic heterocycles. The van der Waals surface area contributed by atoms with E-state index in [-0.39, 0.29) is 0 Å². The second-order valence-corrected chi connectivity index (χ2v) is 11.2. The van der Waals surface area contributed by atoms with Crippen LogP contribution < -0.4 is 0 Å². The molecule has 0 saturated heterocycles. The Balaban J connectivity index is 1.87. The van der Waals surface area contributed by atoms with Crippen molar-refractivity contribution in [3.05, 3.63) is 0 Å². The highest BCUT2D eigenvalue weighted by Gasteiger charge is 2.34. The quantitative estimate of drug-likeness (QED) is 0.136. The van der Waals surface area contributed by atoms with Crippen LogP contribution in [0.5, 0.6) is 0 Å². The Morgan fingerprint density at radius 3 is 1.26 bits per heavy atom. The van der Waals surface area contributed by atoms with Crippen LogP contribution in [-0.4, -0.2) is 25.0 Å². The van der Waals surface area contributed by atoms with Crippen molar-refractivity contribution >= 4 is 0 Å². The molecule has 1 aliphatic rings. The Morgan fingerprint density at radius 2 is 0.871 bits per heavy atom. The first-order valence-corrected chi connectivity index (χ1v) is 14.8. The summed E-state index contributed by atoms with van der Waals surface area (Å²) in [6.45, 7) is 4.62. The number of rotatable bonds is 24. The molecule has 3 atom stereocenters. The van der Waals surface area contributed by atoms with E-state index in [1.54, 1.807) is 19.3 Å². The Morgan fingerprint density at radius 1 is 0.516 bits per heavy atom. The van der Waals surface area contributed by atoms with Gasteiger partial charge in [-0.25, -0.2) is 0 Å². The van der Waals surface area contributed by atoms with E-state index >= 15 is 0 Å². The molecule has 0 amide bonds. The van der Waals surface area contributed by atoms with Gasteiger partial charge in [0.25, 0.3) is 0 Å². The van der Waals surface area contributed by atoms with Gasteiger partial charge in [-0.1, -0.05) is 142 Å². The van der Waals surface area contributed by atoms with E-state index in [1.165, 1.54) is 128 Å². The molecule has 1 aliphatic carbocycles. The second kappa shape index (κ2) is 20.6. The summed E-state index contributed by atoms with van der Waals surface area (Å²) in [6.07, 6.45) is 33.7. The molecule has 3 unspecified atom stereocenters. The second-order valence-electron chi connectivity index (χ2n) is 11.2. The molecule has 0 aromatic rings. The molecule has 0 radical (unpaired) electrons. The molecule has 0 spiro atoms. The van der Waals surface area contributed by atoms with Crippen molar-refractivity contribution in [1.29, 1.82) is 0 Å². The molecule has 186 valence electrons. The van der Waals surface area contributed by atoms with Crippen molar-refractivity contribution in [3.8, 4) is 0 Å². The lowest BCUT2D eigenvalue weighted by atomic mass is 9.99. The van der Waals surface area contributed by atoms with Crippen LogP contribution in [0.4, 0.5) is 0 Å². The number of nitrogens with zero attached hydrogens (tertiary/aromatic N) is 1. The standard InChI is InChI=1S/C30H61N/c1-5-7-9-11-13-17-21-25-30(31(3)4)26-22-18-14-16-20-24-29-27-28(29)23-19-15-12-10-8-6-2/h28-30H,5-27H2,1-4H3. The smallest absolute Gasteiger partial charge is 0.00891 e. The maximum absolute atomic E-state index is 2.49. The van der Waals surface area contributed by atoms with Crippen LogP contribution in [0.25, 0.3) is 0 Å². The van der Waals surface area contributed by atoms with Crippen LogP contribution >= 0.6 is 0 Å². The summed E-state index contributed by atoms with van der Waals surface area (Å²) in [5, 5.41) is 0. The van der Waals surface area contributed by atoms with E-state index in [0.29, 0.717) is 0 Å². The van der Waals surface area contributed by atoms with E-state index in [4.69, 9.17) is 0 Å². The van der Waals surface area contributed by atoms with Gasteiger partial charge in [-0.15, -0.1) is 0 Å². The highest BCUT2D eigenvalue weighted by atomic mass is 15.1. The maximum Gasteiger partial charge on any atom is 0.00891 e. The lowest BCUT2D eigenvalue weighted by molar-refractivity contribution is 0.251. The molecule has 1 fully saturated rings. The lowest BCUT2D eigenvalue weighted by Crippen LogP contribution is -2.27. The Bertz CT molecular complexity index is 363. The zero-order chi connectivity index (χ0) is 22.6. The Kier molecular flexibility index (Phi) is 19.2. The first-order chi connectivity index (χ1) is 15.2. The summed E-state index contributed by atoms with van der Waals surface area (Å²) in [7, 11) is 4.59. The predicted octanol–water partition coefficient (Wildman–Crippen LogP) is 10.2. The monoisotopic (exact) mass is 435 g/mol. The summed E-state index contributed by atoms with van der Waals surface area (Å²) in [5.74, 6) is 2.24. The lowest BCUT2D eigenvalue weighted by Gasteiger charge is -2.24. The molecular weight excluding hydrogens is 374 g/mol. The van der Waals surface area contributed by atoms with Gasteiger partial charge in [0.2, 0.25) is 0 Å². The fourth-order valence-electron chi connectivity index (χ4n) is 5.52. The molecule has 0 N–H and O–H groups in total. The number of hydrogen-bond donors (Lipinski definition) is 0. The van der Waals surface area contributed by atoms with Gasteiger partial charge in [0, 0.05) is 6.04 Å². The third-order valence-corrected chi connectivity index (χ3v) is 7.98. The van der Waals surface area contributed by atoms with Crippen molar-refractivity contribution < 1.29 is 0 Å². The van der Waals surface area contributed by atoms with Gasteiger partial charge in [-0.05, 0) is 45.2 Å². The molecule has 1 rings (SSSR count). The first-order valence-electron chi connectivity index (χ1n) is 14.8. The highest BCUT2D eigenvalue weighted by molar-refractivity contribution is 4.85. The van der Waals surface area contributed by atoms with Gasteiger partial charge in [0.15, 0.2) is 0 Å². The van der Waals surface area contributed by atoms with Crippen LogP contribution in [0.3, 0.4) is 0 Å². The van der Waals surface area contributed by atoms with Gasteiger partial charge in [-0.2, -0.15) is 0 Å². The average Bonchev–Trinajstić information content (AvgIpc) is 3.51. The van der Waals surface area contributed by atoms with Crippen molar-refractivity contribution in [1.82, 2.24) is 4.90 Å². The third kappa shape index (κ3) is 17.1. The summed E-state index contributed by atoms with van der Waals surface area (Å²) < 4.78 is 0. The summed E-state index contributed by atoms with van der Waals surface area (Å²) in [6, 6.07) is 0.824. The zero-order valence-electron chi connectivity index (χ0n) is 22.4.